The Labute approximate surface area is 175 Å². The first kappa shape index (κ1) is 21.5. The van der Waals surface area contributed by atoms with E-state index in [9.17, 15) is 19.2 Å². The van der Waals surface area contributed by atoms with E-state index in [1.165, 1.54) is 0 Å². The summed E-state index contributed by atoms with van der Waals surface area (Å²) in [6.07, 6.45) is 0.175. The molecule has 1 aromatic carbocycles. The average molecular weight is 413 g/mol. The van der Waals surface area contributed by atoms with E-state index in [1.807, 2.05) is 25.1 Å². The van der Waals surface area contributed by atoms with E-state index in [4.69, 9.17) is 5.11 Å². The molecule has 2 aliphatic rings. The van der Waals surface area contributed by atoms with Crippen molar-refractivity contribution in [2.45, 2.75) is 26.2 Å². The Morgan fingerprint density at radius 3 is 2.23 bits per heavy atom. The Morgan fingerprint density at radius 1 is 1.07 bits per heavy atom. The molecule has 2 saturated heterocycles. The highest BCUT2D eigenvalue weighted by molar-refractivity contribution is 6.00. The Morgan fingerprint density at radius 2 is 1.67 bits per heavy atom. The average Bonchev–Trinajstić information content (AvgIpc) is 2.70. The summed E-state index contributed by atoms with van der Waals surface area (Å²) in [6.45, 7) is 7.94. The molecule has 2 aliphatic heterocycles. The number of imide groups is 1. The van der Waals surface area contributed by atoms with Crippen molar-refractivity contribution in [3.05, 3.63) is 36.4 Å². The summed E-state index contributed by atoms with van der Waals surface area (Å²) in [4.78, 5) is 52.5. The van der Waals surface area contributed by atoms with Crippen LogP contribution in [0.25, 0.3) is 5.57 Å². The van der Waals surface area contributed by atoms with Crippen LogP contribution in [0.15, 0.2) is 30.8 Å². The van der Waals surface area contributed by atoms with Crippen LogP contribution in [0, 0.1) is 5.92 Å². The SMILES string of the molecule is C=C(C)c1ccccc1N1CCN(C(=O)CC2CC(=O)N(CC(=O)O)C(=O)C2)CC1. The smallest absolute Gasteiger partial charge is 0.323 e. The largest absolute Gasteiger partial charge is 0.480 e. The van der Waals surface area contributed by atoms with Crippen molar-refractivity contribution >= 4 is 35.0 Å². The van der Waals surface area contributed by atoms with Gasteiger partial charge < -0.3 is 14.9 Å². The molecule has 0 aromatic heterocycles. The number of para-hydroxylation sites is 1. The molecule has 8 nitrogen and oxygen atoms in total. The number of hydrogen-bond acceptors (Lipinski definition) is 5. The van der Waals surface area contributed by atoms with Crippen LogP contribution in [0.5, 0.6) is 0 Å². The summed E-state index contributed by atoms with van der Waals surface area (Å²) in [5, 5.41) is 8.82. The molecule has 0 aliphatic carbocycles. The van der Waals surface area contributed by atoms with Gasteiger partial charge in [-0.1, -0.05) is 24.8 Å². The minimum atomic E-state index is -1.22. The van der Waals surface area contributed by atoms with Crippen molar-refractivity contribution in [3.63, 3.8) is 0 Å². The molecule has 3 rings (SSSR count). The van der Waals surface area contributed by atoms with Crippen LogP contribution >= 0.6 is 0 Å². The summed E-state index contributed by atoms with van der Waals surface area (Å²) in [6, 6.07) is 8.07. The second kappa shape index (κ2) is 9.11. The molecule has 2 fully saturated rings. The Kier molecular flexibility index (Phi) is 6.54. The van der Waals surface area contributed by atoms with Crippen LogP contribution in [-0.4, -0.2) is 71.3 Å². The topological polar surface area (TPSA) is 98.2 Å². The second-order valence-electron chi connectivity index (χ2n) is 7.91. The maximum atomic E-state index is 12.7. The molecule has 30 heavy (non-hydrogen) atoms. The number of nitrogens with zero attached hydrogens (tertiary/aromatic N) is 3. The lowest BCUT2D eigenvalue weighted by Gasteiger charge is -2.38. The van der Waals surface area contributed by atoms with Gasteiger partial charge in [0.25, 0.3) is 0 Å². The van der Waals surface area contributed by atoms with Gasteiger partial charge in [0.1, 0.15) is 6.54 Å². The number of allylic oxidation sites excluding steroid dienone is 1. The molecular formula is C22H27N3O5. The maximum Gasteiger partial charge on any atom is 0.323 e. The number of amides is 3. The van der Waals surface area contributed by atoms with Gasteiger partial charge in [-0.2, -0.15) is 0 Å². The molecule has 8 heteroatoms. The molecule has 160 valence electrons. The third kappa shape index (κ3) is 4.87. The van der Waals surface area contributed by atoms with Gasteiger partial charge in [0, 0.05) is 56.7 Å². The Bertz CT molecular complexity index is 855. The molecular weight excluding hydrogens is 386 g/mol. The Balaban J connectivity index is 1.54. The maximum absolute atomic E-state index is 12.7. The number of anilines is 1. The van der Waals surface area contributed by atoms with Crippen molar-refractivity contribution in [3.8, 4) is 0 Å². The number of aliphatic carboxylic acids is 1. The minimum Gasteiger partial charge on any atom is -0.480 e. The number of carbonyl (C=O) groups is 4. The molecule has 0 unspecified atom stereocenters. The van der Waals surface area contributed by atoms with Crippen LogP contribution < -0.4 is 4.90 Å². The zero-order chi connectivity index (χ0) is 21.8. The number of rotatable bonds is 6. The Hall–Kier alpha value is -3.16. The number of benzene rings is 1. The molecule has 1 aromatic rings. The molecule has 0 saturated carbocycles. The predicted octanol–water partition coefficient (Wildman–Crippen LogP) is 1.61. The standard InChI is InChI=1S/C22H27N3O5/c1-15(2)17-5-3-4-6-18(17)23-7-9-24(10-8-23)19(26)11-16-12-20(27)25(14-22(29)30)21(28)13-16/h3-6,16H,1,7-14H2,2H3,(H,29,30). The number of hydrogen-bond donors (Lipinski definition) is 1. The highest BCUT2D eigenvalue weighted by Gasteiger charge is 2.35. The second-order valence-corrected chi connectivity index (χ2v) is 7.91. The minimum absolute atomic E-state index is 0.0245. The van der Waals surface area contributed by atoms with Crippen molar-refractivity contribution in [1.82, 2.24) is 9.80 Å². The van der Waals surface area contributed by atoms with Crippen molar-refractivity contribution < 1.29 is 24.3 Å². The van der Waals surface area contributed by atoms with Crippen molar-refractivity contribution in [2.24, 2.45) is 5.92 Å². The van der Waals surface area contributed by atoms with Crippen molar-refractivity contribution in [2.75, 3.05) is 37.6 Å². The first-order chi connectivity index (χ1) is 14.3. The number of likely N-dealkylation sites (tertiary alicyclic amines) is 1. The van der Waals surface area contributed by atoms with Crippen LogP contribution in [0.3, 0.4) is 0 Å². The number of carboxylic acid groups (broad SMARTS) is 1. The van der Waals surface area contributed by atoms with Gasteiger partial charge >= 0.3 is 5.97 Å². The molecule has 0 radical (unpaired) electrons. The fourth-order valence-electron chi connectivity index (χ4n) is 4.06. The van der Waals surface area contributed by atoms with E-state index < -0.39 is 24.3 Å². The molecule has 0 atom stereocenters. The first-order valence-corrected chi connectivity index (χ1v) is 10.1. The van der Waals surface area contributed by atoms with Gasteiger partial charge in [0.05, 0.1) is 0 Å². The number of carbonyl (C=O) groups excluding carboxylic acids is 3. The molecule has 0 bridgehead atoms. The van der Waals surface area contributed by atoms with Crippen LogP contribution in [0.2, 0.25) is 0 Å². The molecule has 2 heterocycles. The monoisotopic (exact) mass is 413 g/mol. The van der Waals surface area contributed by atoms with Gasteiger partial charge in [-0.25, -0.2) is 0 Å². The van der Waals surface area contributed by atoms with E-state index in [0.717, 1.165) is 21.7 Å². The molecule has 0 spiro atoms. The fourth-order valence-corrected chi connectivity index (χ4v) is 4.06. The molecule has 1 N–H and O–H groups in total. The quantitative estimate of drug-likeness (QED) is 0.712. The van der Waals surface area contributed by atoms with Crippen molar-refractivity contribution in [1.29, 1.82) is 0 Å². The first-order valence-electron chi connectivity index (χ1n) is 10.1. The highest BCUT2D eigenvalue weighted by Crippen LogP contribution is 2.28. The van der Waals surface area contributed by atoms with E-state index in [-0.39, 0.29) is 31.1 Å². The number of carboxylic acids is 1. The van der Waals surface area contributed by atoms with Crippen LogP contribution in [0.1, 0.15) is 31.7 Å². The molecule has 3 amide bonds. The van der Waals surface area contributed by atoms with Crippen LogP contribution in [0.4, 0.5) is 5.69 Å². The summed E-state index contributed by atoms with van der Waals surface area (Å²) in [7, 11) is 0. The highest BCUT2D eigenvalue weighted by atomic mass is 16.4. The lowest BCUT2D eigenvalue weighted by Crippen LogP contribution is -2.50. The third-order valence-corrected chi connectivity index (χ3v) is 5.62. The third-order valence-electron chi connectivity index (χ3n) is 5.62. The van der Waals surface area contributed by atoms with Gasteiger partial charge in [-0.15, -0.1) is 0 Å². The van der Waals surface area contributed by atoms with Gasteiger partial charge in [-0.3, -0.25) is 24.1 Å². The predicted molar refractivity (Wildman–Crippen MR) is 112 cm³/mol. The normalized spacial score (nSPS) is 18.0. The van der Waals surface area contributed by atoms with Crippen LogP contribution in [-0.2, 0) is 19.2 Å². The summed E-state index contributed by atoms with van der Waals surface area (Å²) in [5.41, 5.74) is 3.20. The summed E-state index contributed by atoms with van der Waals surface area (Å²) in [5.74, 6) is -2.71. The van der Waals surface area contributed by atoms with E-state index in [0.29, 0.717) is 26.2 Å². The van der Waals surface area contributed by atoms with E-state index >= 15 is 0 Å². The summed E-state index contributed by atoms with van der Waals surface area (Å²) < 4.78 is 0. The zero-order valence-electron chi connectivity index (χ0n) is 17.2. The lowest BCUT2D eigenvalue weighted by molar-refractivity contribution is -0.156. The lowest BCUT2D eigenvalue weighted by atomic mass is 9.91. The number of piperazine rings is 1. The number of piperidine rings is 1. The van der Waals surface area contributed by atoms with Gasteiger partial charge in [0.2, 0.25) is 17.7 Å². The van der Waals surface area contributed by atoms with Gasteiger partial charge in [-0.05, 0) is 24.5 Å². The fraction of sp³-hybridized carbons (Fsp3) is 0.455. The summed E-state index contributed by atoms with van der Waals surface area (Å²) >= 11 is 0. The van der Waals surface area contributed by atoms with E-state index in [2.05, 4.69) is 17.5 Å². The van der Waals surface area contributed by atoms with E-state index in [1.54, 1.807) is 4.90 Å². The zero-order valence-corrected chi connectivity index (χ0v) is 17.2. The van der Waals surface area contributed by atoms with Gasteiger partial charge in [0.15, 0.2) is 0 Å².